The topological polar surface area (TPSA) is 67.4 Å². The molecule has 0 aliphatic carbocycles. The van der Waals surface area contributed by atoms with E-state index in [1.54, 1.807) is 0 Å². The van der Waals surface area contributed by atoms with E-state index in [-0.39, 0.29) is 17.3 Å². The van der Waals surface area contributed by atoms with Gasteiger partial charge in [-0.3, -0.25) is 9.59 Å². The van der Waals surface area contributed by atoms with Crippen molar-refractivity contribution in [2.75, 3.05) is 11.9 Å². The van der Waals surface area contributed by atoms with Crippen molar-refractivity contribution in [1.82, 2.24) is 5.32 Å². The van der Waals surface area contributed by atoms with Crippen LogP contribution in [0.25, 0.3) is 0 Å². The maximum absolute atomic E-state index is 13.3. The Balaban J connectivity index is 2.09. The van der Waals surface area contributed by atoms with Crippen LogP contribution >= 0.6 is 0 Å². The second-order valence-electron chi connectivity index (χ2n) is 5.05. The Morgan fingerprint density at radius 3 is 2.78 bits per heavy atom. The first-order valence-electron chi connectivity index (χ1n) is 6.84. The van der Waals surface area contributed by atoms with Crippen molar-refractivity contribution in [2.24, 2.45) is 0 Å². The maximum atomic E-state index is 13.3. The molecule has 1 aromatic rings. The van der Waals surface area contributed by atoms with Crippen LogP contribution in [-0.2, 0) is 9.59 Å². The van der Waals surface area contributed by atoms with Crippen LogP contribution in [0.2, 0.25) is 0 Å². The van der Waals surface area contributed by atoms with E-state index in [2.05, 4.69) is 15.4 Å². The average Bonchev–Trinajstić information content (AvgIpc) is 2.45. The first-order valence-corrected chi connectivity index (χ1v) is 6.84. The summed E-state index contributed by atoms with van der Waals surface area (Å²) in [6.07, 6.45) is -3.34. The molecule has 0 spiro atoms. The van der Waals surface area contributed by atoms with E-state index >= 15 is 0 Å². The van der Waals surface area contributed by atoms with Crippen molar-refractivity contribution < 1.29 is 31.9 Å². The molecular formula is C14H14F4N2O3. The van der Waals surface area contributed by atoms with Crippen LogP contribution in [0, 0.1) is 5.82 Å². The van der Waals surface area contributed by atoms with E-state index in [0.717, 1.165) is 18.2 Å². The zero-order chi connectivity index (χ0) is 17.0. The summed E-state index contributed by atoms with van der Waals surface area (Å²) in [5, 5.41) is 4.75. The number of halogens is 4. The van der Waals surface area contributed by atoms with Gasteiger partial charge in [0.1, 0.15) is 17.6 Å². The Hall–Kier alpha value is -2.32. The van der Waals surface area contributed by atoms with Gasteiger partial charge in [-0.15, -0.1) is 0 Å². The van der Waals surface area contributed by atoms with Gasteiger partial charge in [0, 0.05) is 12.5 Å². The molecule has 1 heterocycles. The SMILES string of the molecule is O=C1CCC[C@H](C(=O)Nc2cc(F)ccc2OCC(F)(F)F)N1. The van der Waals surface area contributed by atoms with Gasteiger partial charge in [-0.05, 0) is 25.0 Å². The average molecular weight is 334 g/mol. The third-order valence-corrected chi connectivity index (χ3v) is 3.14. The maximum Gasteiger partial charge on any atom is 0.422 e. The molecule has 0 radical (unpaired) electrons. The van der Waals surface area contributed by atoms with Crippen LogP contribution in [0.1, 0.15) is 19.3 Å². The predicted octanol–water partition coefficient (Wildman–Crippen LogP) is 2.37. The minimum atomic E-state index is -4.56. The zero-order valence-electron chi connectivity index (χ0n) is 11.9. The van der Waals surface area contributed by atoms with E-state index in [0.29, 0.717) is 19.3 Å². The van der Waals surface area contributed by atoms with Crippen LogP contribution in [0.4, 0.5) is 23.2 Å². The summed E-state index contributed by atoms with van der Waals surface area (Å²) in [4.78, 5) is 23.3. The van der Waals surface area contributed by atoms with Gasteiger partial charge in [-0.2, -0.15) is 13.2 Å². The number of benzene rings is 1. The minimum Gasteiger partial charge on any atom is -0.482 e. The number of nitrogens with one attached hydrogen (secondary N) is 2. The molecule has 0 aromatic heterocycles. The van der Waals surface area contributed by atoms with Gasteiger partial charge < -0.3 is 15.4 Å². The molecule has 5 nitrogen and oxygen atoms in total. The second-order valence-corrected chi connectivity index (χ2v) is 5.05. The monoisotopic (exact) mass is 334 g/mol. The van der Waals surface area contributed by atoms with Gasteiger partial charge in [0.15, 0.2) is 6.61 Å². The van der Waals surface area contributed by atoms with Crippen LogP contribution < -0.4 is 15.4 Å². The minimum absolute atomic E-state index is 0.223. The molecule has 1 aliphatic rings. The van der Waals surface area contributed by atoms with Crippen LogP contribution in [0.5, 0.6) is 5.75 Å². The molecule has 1 atom stereocenters. The van der Waals surface area contributed by atoms with Crippen LogP contribution in [0.3, 0.4) is 0 Å². The number of hydrogen-bond acceptors (Lipinski definition) is 3. The Bertz CT molecular complexity index is 604. The molecule has 1 aliphatic heterocycles. The molecule has 2 amide bonds. The Morgan fingerprint density at radius 2 is 2.13 bits per heavy atom. The Kier molecular flexibility index (Phi) is 5.07. The van der Waals surface area contributed by atoms with Gasteiger partial charge >= 0.3 is 6.18 Å². The van der Waals surface area contributed by atoms with Crippen molar-refractivity contribution in [3.8, 4) is 5.75 Å². The van der Waals surface area contributed by atoms with E-state index < -0.39 is 30.5 Å². The smallest absolute Gasteiger partial charge is 0.422 e. The fourth-order valence-electron chi connectivity index (χ4n) is 2.11. The molecular weight excluding hydrogens is 320 g/mol. The van der Waals surface area contributed by atoms with E-state index in [1.165, 1.54) is 0 Å². The number of anilines is 1. The van der Waals surface area contributed by atoms with Crippen molar-refractivity contribution >= 4 is 17.5 Å². The summed E-state index contributed by atoms with van der Waals surface area (Å²) in [5.41, 5.74) is -0.223. The lowest BCUT2D eigenvalue weighted by Gasteiger charge is -2.23. The lowest BCUT2D eigenvalue weighted by atomic mass is 10.0. The van der Waals surface area contributed by atoms with Gasteiger partial charge in [0.2, 0.25) is 11.8 Å². The van der Waals surface area contributed by atoms with E-state index in [9.17, 15) is 27.2 Å². The molecule has 9 heteroatoms. The highest BCUT2D eigenvalue weighted by Crippen LogP contribution is 2.28. The van der Waals surface area contributed by atoms with Gasteiger partial charge in [-0.1, -0.05) is 0 Å². The van der Waals surface area contributed by atoms with E-state index in [1.807, 2.05) is 0 Å². The lowest BCUT2D eigenvalue weighted by Crippen LogP contribution is -2.46. The fourth-order valence-corrected chi connectivity index (χ4v) is 2.11. The number of alkyl halides is 3. The molecule has 2 N–H and O–H groups in total. The highest BCUT2D eigenvalue weighted by Gasteiger charge is 2.29. The summed E-state index contributed by atoms with van der Waals surface area (Å²) in [6, 6.07) is 1.96. The van der Waals surface area contributed by atoms with Crippen molar-refractivity contribution in [3.63, 3.8) is 0 Å². The van der Waals surface area contributed by atoms with Gasteiger partial charge in [0.05, 0.1) is 5.69 Å². The second kappa shape index (κ2) is 6.84. The summed E-state index contributed by atoms with van der Waals surface area (Å²) < 4.78 is 54.5. The Morgan fingerprint density at radius 1 is 1.39 bits per heavy atom. The predicted molar refractivity (Wildman–Crippen MR) is 72.4 cm³/mol. The summed E-state index contributed by atoms with van der Waals surface area (Å²) in [7, 11) is 0. The molecule has 126 valence electrons. The normalized spacial score (nSPS) is 18.3. The molecule has 1 fully saturated rings. The number of hydrogen-bond donors (Lipinski definition) is 2. The first kappa shape index (κ1) is 17.0. The summed E-state index contributed by atoms with van der Waals surface area (Å²) in [5.74, 6) is -1.98. The molecule has 23 heavy (non-hydrogen) atoms. The fraction of sp³-hybridized carbons (Fsp3) is 0.429. The summed E-state index contributed by atoms with van der Waals surface area (Å²) in [6.45, 7) is -1.57. The third kappa shape index (κ3) is 5.11. The third-order valence-electron chi connectivity index (χ3n) is 3.14. The van der Waals surface area contributed by atoms with Crippen molar-refractivity contribution in [3.05, 3.63) is 24.0 Å². The summed E-state index contributed by atoms with van der Waals surface area (Å²) >= 11 is 0. The molecule has 1 aromatic carbocycles. The van der Waals surface area contributed by atoms with Crippen LogP contribution in [-0.4, -0.2) is 30.6 Å². The largest absolute Gasteiger partial charge is 0.482 e. The number of amides is 2. The highest BCUT2D eigenvalue weighted by molar-refractivity contribution is 5.98. The van der Waals surface area contributed by atoms with Crippen molar-refractivity contribution in [1.29, 1.82) is 0 Å². The zero-order valence-corrected chi connectivity index (χ0v) is 11.9. The standard InChI is InChI=1S/C14H14F4N2O3/c15-8-4-5-11(23-7-14(16,17)18)10(6-8)20-13(22)9-2-1-3-12(21)19-9/h4-6,9H,1-3,7H2,(H,19,21)(H,20,22)/t9-/m1/s1. The van der Waals surface area contributed by atoms with E-state index in [4.69, 9.17) is 0 Å². The van der Waals surface area contributed by atoms with Gasteiger partial charge in [-0.25, -0.2) is 4.39 Å². The quantitative estimate of drug-likeness (QED) is 0.831. The number of carbonyl (C=O) groups excluding carboxylic acids is 2. The first-order chi connectivity index (χ1) is 10.7. The molecule has 0 saturated carbocycles. The number of carbonyl (C=O) groups is 2. The Labute approximate surface area is 129 Å². The van der Waals surface area contributed by atoms with Gasteiger partial charge in [0.25, 0.3) is 0 Å². The number of ether oxygens (including phenoxy) is 1. The van der Waals surface area contributed by atoms with Crippen molar-refractivity contribution in [2.45, 2.75) is 31.5 Å². The highest BCUT2D eigenvalue weighted by atomic mass is 19.4. The number of piperidine rings is 1. The molecule has 2 rings (SSSR count). The lowest BCUT2D eigenvalue weighted by molar-refractivity contribution is -0.153. The molecule has 1 saturated heterocycles. The van der Waals surface area contributed by atoms with Crippen LogP contribution in [0.15, 0.2) is 18.2 Å². The molecule has 0 unspecified atom stereocenters. The molecule has 0 bridgehead atoms. The number of rotatable bonds is 4.